The predicted octanol–water partition coefficient (Wildman–Crippen LogP) is 4.81. The first-order chi connectivity index (χ1) is 15.5. The lowest BCUT2D eigenvalue weighted by atomic mass is 10.1. The van der Waals surface area contributed by atoms with Crippen molar-refractivity contribution in [3.05, 3.63) is 58.0 Å². The van der Waals surface area contributed by atoms with Gasteiger partial charge in [0.15, 0.2) is 23.1 Å². The third kappa shape index (κ3) is 3.95. The highest BCUT2D eigenvalue weighted by atomic mass is 79.9. The Bertz CT molecular complexity index is 1270. The van der Waals surface area contributed by atoms with Gasteiger partial charge in [0.2, 0.25) is 5.75 Å². The molecule has 0 aliphatic rings. The zero-order chi connectivity index (χ0) is 22.8. The van der Waals surface area contributed by atoms with Gasteiger partial charge in [0.05, 0.1) is 27.0 Å². The summed E-state index contributed by atoms with van der Waals surface area (Å²) >= 11 is 3.47. The first-order valence-electron chi connectivity index (χ1n) is 9.98. The Labute approximate surface area is 194 Å². The van der Waals surface area contributed by atoms with Gasteiger partial charge in [-0.2, -0.15) is 0 Å². The number of hydrogen-bond acceptors (Lipinski definition) is 7. The number of halogens is 1. The summed E-state index contributed by atoms with van der Waals surface area (Å²) in [5.41, 5.74) is 3.50. The van der Waals surface area contributed by atoms with Gasteiger partial charge in [0, 0.05) is 22.1 Å². The quantitative estimate of drug-likeness (QED) is 0.392. The molecule has 2 aromatic carbocycles. The van der Waals surface area contributed by atoms with Crippen LogP contribution in [-0.4, -0.2) is 40.9 Å². The fourth-order valence-corrected chi connectivity index (χ4v) is 3.92. The molecular weight excluding hydrogens is 474 g/mol. The van der Waals surface area contributed by atoms with E-state index in [-0.39, 0.29) is 0 Å². The number of aromatic nitrogens is 4. The molecule has 0 radical (unpaired) electrons. The normalized spacial score (nSPS) is 10.9. The molecule has 0 aliphatic carbocycles. The van der Waals surface area contributed by atoms with Crippen LogP contribution < -0.4 is 19.5 Å². The smallest absolute Gasteiger partial charge is 0.203 e. The second-order valence-corrected chi connectivity index (χ2v) is 8.06. The van der Waals surface area contributed by atoms with Crippen LogP contribution in [0, 0.1) is 13.8 Å². The van der Waals surface area contributed by atoms with E-state index in [0.717, 1.165) is 32.6 Å². The molecule has 0 saturated heterocycles. The second-order valence-electron chi connectivity index (χ2n) is 7.14. The minimum atomic E-state index is 0.458. The Morgan fingerprint density at radius 1 is 0.906 bits per heavy atom. The SMILES string of the molecule is COc1ccc(CNc2nc(-c3ccc(Br)cc3)nn3c(C)nc(C)c23)c(OC)c1OC. The Morgan fingerprint density at radius 3 is 2.28 bits per heavy atom. The zero-order valence-corrected chi connectivity index (χ0v) is 20.1. The van der Waals surface area contributed by atoms with Crippen LogP contribution in [0.2, 0.25) is 0 Å². The summed E-state index contributed by atoms with van der Waals surface area (Å²) < 4.78 is 19.3. The van der Waals surface area contributed by atoms with E-state index in [0.29, 0.717) is 35.4 Å². The molecule has 8 nitrogen and oxygen atoms in total. The second kappa shape index (κ2) is 9.04. The Hall–Kier alpha value is -3.33. The molecule has 9 heteroatoms. The van der Waals surface area contributed by atoms with Crippen molar-refractivity contribution in [1.29, 1.82) is 0 Å². The summed E-state index contributed by atoms with van der Waals surface area (Å²) in [6, 6.07) is 11.7. The minimum absolute atomic E-state index is 0.458. The monoisotopic (exact) mass is 497 g/mol. The van der Waals surface area contributed by atoms with Crippen molar-refractivity contribution in [3.63, 3.8) is 0 Å². The molecule has 0 aliphatic heterocycles. The van der Waals surface area contributed by atoms with Crippen molar-refractivity contribution < 1.29 is 14.2 Å². The highest BCUT2D eigenvalue weighted by Crippen LogP contribution is 2.40. The molecule has 0 fully saturated rings. The van der Waals surface area contributed by atoms with Crippen molar-refractivity contribution >= 4 is 27.3 Å². The third-order valence-electron chi connectivity index (χ3n) is 5.16. The molecule has 0 saturated carbocycles. The molecule has 0 spiro atoms. The number of rotatable bonds is 7. The summed E-state index contributed by atoms with van der Waals surface area (Å²) in [6.07, 6.45) is 0. The Kier molecular flexibility index (Phi) is 6.18. The van der Waals surface area contributed by atoms with Gasteiger partial charge < -0.3 is 19.5 Å². The van der Waals surface area contributed by atoms with Gasteiger partial charge in [-0.25, -0.2) is 14.5 Å². The summed E-state index contributed by atoms with van der Waals surface area (Å²) in [6.45, 7) is 4.34. The van der Waals surface area contributed by atoms with Crippen LogP contribution in [-0.2, 0) is 6.54 Å². The van der Waals surface area contributed by atoms with Gasteiger partial charge in [-0.15, -0.1) is 5.10 Å². The van der Waals surface area contributed by atoms with E-state index >= 15 is 0 Å². The molecule has 2 aromatic heterocycles. The Balaban J connectivity index is 1.77. The average Bonchev–Trinajstić information content (AvgIpc) is 3.10. The van der Waals surface area contributed by atoms with Crippen molar-refractivity contribution in [3.8, 4) is 28.6 Å². The maximum Gasteiger partial charge on any atom is 0.203 e. The van der Waals surface area contributed by atoms with E-state index in [1.807, 2.05) is 54.8 Å². The van der Waals surface area contributed by atoms with Gasteiger partial charge in [0.1, 0.15) is 11.3 Å². The lowest BCUT2D eigenvalue weighted by Gasteiger charge is -2.17. The van der Waals surface area contributed by atoms with E-state index in [1.165, 1.54) is 0 Å². The average molecular weight is 498 g/mol. The van der Waals surface area contributed by atoms with Crippen molar-refractivity contribution in [2.75, 3.05) is 26.6 Å². The number of hydrogen-bond donors (Lipinski definition) is 1. The molecule has 166 valence electrons. The number of nitrogens with zero attached hydrogens (tertiary/aromatic N) is 4. The van der Waals surface area contributed by atoms with Crippen LogP contribution in [0.1, 0.15) is 17.1 Å². The van der Waals surface area contributed by atoms with E-state index in [9.17, 15) is 0 Å². The van der Waals surface area contributed by atoms with Crippen LogP contribution >= 0.6 is 15.9 Å². The number of aryl methyl sites for hydroxylation is 2. The van der Waals surface area contributed by atoms with Crippen LogP contribution in [0.25, 0.3) is 16.9 Å². The van der Waals surface area contributed by atoms with Crippen LogP contribution in [0.15, 0.2) is 40.9 Å². The number of methoxy groups -OCH3 is 3. The van der Waals surface area contributed by atoms with Gasteiger partial charge in [-0.1, -0.05) is 28.1 Å². The van der Waals surface area contributed by atoms with Crippen molar-refractivity contribution in [2.45, 2.75) is 20.4 Å². The number of nitrogens with one attached hydrogen (secondary N) is 1. The predicted molar refractivity (Wildman–Crippen MR) is 127 cm³/mol. The lowest BCUT2D eigenvalue weighted by Crippen LogP contribution is -2.09. The highest BCUT2D eigenvalue weighted by Gasteiger charge is 2.18. The van der Waals surface area contributed by atoms with E-state index in [1.54, 1.807) is 21.3 Å². The molecular formula is C23H24BrN5O3. The van der Waals surface area contributed by atoms with Gasteiger partial charge in [0.25, 0.3) is 0 Å². The van der Waals surface area contributed by atoms with Gasteiger partial charge >= 0.3 is 0 Å². The molecule has 32 heavy (non-hydrogen) atoms. The molecule has 0 atom stereocenters. The summed E-state index contributed by atoms with van der Waals surface area (Å²) in [5, 5.41) is 8.17. The first kappa shape index (κ1) is 21.9. The molecule has 0 unspecified atom stereocenters. The summed E-state index contributed by atoms with van der Waals surface area (Å²) in [7, 11) is 4.80. The van der Waals surface area contributed by atoms with Crippen molar-refractivity contribution in [1.82, 2.24) is 19.6 Å². The number of fused-ring (bicyclic) bond motifs is 1. The van der Waals surface area contributed by atoms with Gasteiger partial charge in [-0.05, 0) is 38.1 Å². The third-order valence-corrected chi connectivity index (χ3v) is 5.69. The van der Waals surface area contributed by atoms with E-state index < -0.39 is 0 Å². The number of imidazole rings is 1. The molecule has 0 bridgehead atoms. The summed E-state index contributed by atoms with van der Waals surface area (Å²) in [5.74, 6) is 3.86. The van der Waals surface area contributed by atoms with E-state index in [4.69, 9.17) is 24.3 Å². The van der Waals surface area contributed by atoms with Crippen LogP contribution in [0.4, 0.5) is 5.82 Å². The van der Waals surface area contributed by atoms with Crippen LogP contribution in [0.5, 0.6) is 17.2 Å². The lowest BCUT2D eigenvalue weighted by molar-refractivity contribution is 0.322. The zero-order valence-electron chi connectivity index (χ0n) is 18.6. The van der Waals surface area contributed by atoms with Crippen LogP contribution in [0.3, 0.4) is 0 Å². The maximum absolute atomic E-state index is 5.62. The van der Waals surface area contributed by atoms with E-state index in [2.05, 4.69) is 26.2 Å². The fraction of sp³-hybridized carbons (Fsp3) is 0.261. The number of ether oxygens (including phenoxy) is 3. The van der Waals surface area contributed by atoms with Crippen molar-refractivity contribution in [2.24, 2.45) is 0 Å². The highest BCUT2D eigenvalue weighted by molar-refractivity contribution is 9.10. The Morgan fingerprint density at radius 2 is 1.62 bits per heavy atom. The molecule has 1 N–H and O–H groups in total. The first-order valence-corrected chi connectivity index (χ1v) is 10.8. The molecule has 4 rings (SSSR count). The molecule has 0 amide bonds. The number of benzene rings is 2. The molecule has 2 heterocycles. The van der Waals surface area contributed by atoms with Gasteiger partial charge in [-0.3, -0.25) is 0 Å². The minimum Gasteiger partial charge on any atom is -0.493 e. The topological polar surface area (TPSA) is 82.8 Å². The molecule has 4 aromatic rings. The summed E-state index contributed by atoms with van der Waals surface area (Å²) in [4.78, 5) is 9.42. The maximum atomic E-state index is 5.62. The largest absolute Gasteiger partial charge is 0.493 e. The number of anilines is 1. The fourth-order valence-electron chi connectivity index (χ4n) is 3.65. The standard InChI is InChI=1S/C23H24BrN5O3/c1-13-19-23(25-12-16-8-11-18(30-3)21(32-5)20(16)31-4)27-22(28-29(19)14(2)26-13)15-6-9-17(24)10-7-15/h6-11H,12H2,1-5H3,(H,25,27,28).